The maximum atomic E-state index is 13.0. The highest BCUT2D eigenvalue weighted by molar-refractivity contribution is 9.10. The Hall–Kier alpha value is -3.92. The summed E-state index contributed by atoms with van der Waals surface area (Å²) < 4.78 is 12.3. The molecule has 1 saturated heterocycles. The monoisotopic (exact) mass is 608 g/mol. The van der Waals surface area contributed by atoms with Crippen molar-refractivity contribution in [2.45, 2.75) is 58.7 Å². The van der Waals surface area contributed by atoms with Gasteiger partial charge < -0.3 is 20.1 Å². The Labute approximate surface area is 242 Å². The predicted molar refractivity (Wildman–Crippen MR) is 155 cm³/mol. The number of aromatic nitrogens is 1. The molecule has 3 amide bonds. The van der Waals surface area contributed by atoms with Gasteiger partial charge in [-0.15, -0.1) is 0 Å². The maximum absolute atomic E-state index is 13.0. The number of benzene rings is 2. The topological polar surface area (TPSA) is 110 Å². The number of nitrogens with zero attached hydrogens (tertiary/aromatic N) is 2. The van der Waals surface area contributed by atoms with E-state index in [0.29, 0.717) is 23.7 Å². The van der Waals surface area contributed by atoms with Crippen molar-refractivity contribution in [3.8, 4) is 11.6 Å². The van der Waals surface area contributed by atoms with Gasteiger partial charge in [-0.1, -0.05) is 34.1 Å². The third-order valence-electron chi connectivity index (χ3n) is 6.42. The first kappa shape index (κ1) is 29.1. The van der Waals surface area contributed by atoms with Crippen molar-refractivity contribution in [2.75, 3.05) is 11.9 Å². The maximum Gasteiger partial charge on any atom is 0.410 e. The molecule has 0 bridgehead atoms. The summed E-state index contributed by atoms with van der Waals surface area (Å²) >= 11 is 3.43. The van der Waals surface area contributed by atoms with Crippen LogP contribution in [0, 0.1) is 13.8 Å². The van der Waals surface area contributed by atoms with E-state index < -0.39 is 29.6 Å². The molecule has 0 aliphatic carbocycles. The fourth-order valence-electron chi connectivity index (χ4n) is 4.32. The van der Waals surface area contributed by atoms with E-state index in [-0.39, 0.29) is 12.6 Å². The second-order valence-electron chi connectivity index (χ2n) is 10.8. The number of halogens is 1. The summed E-state index contributed by atoms with van der Waals surface area (Å²) in [7, 11) is 0. The summed E-state index contributed by atoms with van der Waals surface area (Å²) in [5, 5.41) is 5.31. The van der Waals surface area contributed by atoms with Crippen LogP contribution in [-0.2, 0) is 14.3 Å². The molecule has 2 aromatic carbocycles. The molecule has 0 spiro atoms. The van der Waals surface area contributed by atoms with Gasteiger partial charge in [-0.25, -0.2) is 9.78 Å². The van der Waals surface area contributed by atoms with E-state index in [1.165, 1.54) is 6.20 Å². The lowest BCUT2D eigenvalue weighted by Gasteiger charge is -2.28. The van der Waals surface area contributed by atoms with E-state index in [1.54, 1.807) is 37.8 Å². The average molecular weight is 610 g/mol. The Morgan fingerprint density at radius 3 is 2.33 bits per heavy atom. The van der Waals surface area contributed by atoms with Crippen molar-refractivity contribution >= 4 is 39.5 Å². The molecule has 3 aromatic rings. The van der Waals surface area contributed by atoms with Crippen molar-refractivity contribution in [2.24, 2.45) is 0 Å². The standard InChI is InChI=1S/C30H33BrN4O5/c1-18-6-12-24(14-19(18)2)39-26-13-11-22(16-32-26)33-27(36)28(37)34-23-15-25(20-7-9-21(31)10-8-20)35(17-23)29(38)40-30(3,4)5/h6-14,16,23,25H,15,17H2,1-5H3,(H,33,36)(H,34,37). The number of ether oxygens (including phenoxy) is 2. The Balaban J connectivity index is 1.37. The third kappa shape index (κ3) is 7.59. The number of amides is 3. The molecule has 2 heterocycles. The zero-order chi connectivity index (χ0) is 29.0. The Kier molecular flexibility index (Phi) is 8.78. The summed E-state index contributed by atoms with van der Waals surface area (Å²) in [5.41, 5.74) is 2.85. The third-order valence-corrected chi connectivity index (χ3v) is 6.95. The highest BCUT2D eigenvalue weighted by Gasteiger charge is 2.39. The molecule has 9 nitrogen and oxygen atoms in total. The number of carbonyl (C=O) groups excluding carboxylic acids is 3. The largest absolute Gasteiger partial charge is 0.444 e. The van der Waals surface area contributed by atoms with E-state index in [9.17, 15) is 14.4 Å². The molecule has 1 aliphatic heterocycles. The quantitative estimate of drug-likeness (QED) is 0.341. The summed E-state index contributed by atoms with van der Waals surface area (Å²) in [6.45, 7) is 9.64. The minimum absolute atomic E-state index is 0.209. The van der Waals surface area contributed by atoms with Crippen molar-refractivity contribution in [3.05, 3.63) is 82.0 Å². The molecule has 40 heavy (non-hydrogen) atoms. The summed E-state index contributed by atoms with van der Waals surface area (Å²) in [4.78, 5) is 44.2. The smallest absolute Gasteiger partial charge is 0.410 e. The van der Waals surface area contributed by atoms with Crippen LogP contribution in [0.25, 0.3) is 0 Å². The molecule has 4 rings (SSSR count). The SMILES string of the molecule is Cc1ccc(Oc2ccc(NC(=O)C(=O)NC3CC(c4ccc(Br)cc4)N(C(=O)OC(C)(C)C)C3)cn2)cc1C. The van der Waals surface area contributed by atoms with Gasteiger partial charge in [-0.3, -0.25) is 14.5 Å². The molecule has 1 fully saturated rings. The molecule has 10 heteroatoms. The molecule has 0 radical (unpaired) electrons. The average Bonchev–Trinajstić information content (AvgIpc) is 3.31. The molecular weight excluding hydrogens is 576 g/mol. The summed E-state index contributed by atoms with van der Waals surface area (Å²) in [6, 6.07) is 15.9. The first-order valence-electron chi connectivity index (χ1n) is 13.0. The molecule has 210 valence electrons. The lowest BCUT2D eigenvalue weighted by molar-refractivity contribution is -0.136. The number of nitrogens with one attached hydrogen (secondary N) is 2. The highest BCUT2D eigenvalue weighted by Crippen LogP contribution is 2.34. The minimum Gasteiger partial charge on any atom is -0.444 e. The van der Waals surface area contributed by atoms with E-state index in [2.05, 4.69) is 31.5 Å². The number of anilines is 1. The van der Waals surface area contributed by atoms with Gasteiger partial charge in [0.1, 0.15) is 11.4 Å². The number of carbonyl (C=O) groups is 3. The van der Waals surface area contributed by atoms with E-state index in [0.717, 1.165) is 21.2 Å². The fourth-order valence-corrected chi connectivity index (χ4v) is 4.58. The van der Waals surface area contributed by atoms with Crippen LogP contribution in [0.2, 0.25) is 0 Å². The number of pyridine rings is 1. The zero-order valence-electron chi connectivity index (χ0n) is 23.2. The van der Waals surface area contributed by atoms with Crippen molar-refractivity contribution in [3.63, 3.8) is 0 Å². The first-order valence-corrected chi connectivity index (χ1v) is 13.8. The van der Waals surface area contributed by atoms with Gasteiger partial charge in [0.2, 0.25) is 5.88 Å². The molecule has 2 atom stereocenters. The van der Waals surface area contributed by atoms with Gasteiger partial charge in [-0.05, 0) is 88.1 Å². The Morgan fingerprint density at radius 2 is 1.70 bits per heavy atom. The zero-order valence-corrected chi connectivity index (χ0v) is 24.7. The van der Waals surface area contributed by atoms with Crippen LogP contribution in [-0.4, -0.2) is 46.0 Å². The predicted octanol–water partition coefficient (Wildman–Crippen LogP) is 6.06. The van der Waals surface area contributed by atoms with Crippen LogP contribution >= 0.6 is 15.9 Å². The van der Waals surface area contributed by atoms with Gasteiger partial charge in [0.25, 0.3) is 0 Å². The summed E-state index contributed by atoms with van der Waals surface area (Å²) in [5.74, 6) is -0.621. The van der Waals surface area contributed by atoms with E-state index in [4.69, 9.17) is 9.47 Å². The number of hydrogen-bond acceptors (Lipinski definition) is 6. The van der Waals surface area contributed by atoms with Gasteiger partial charge in [0, 0.05) is 23.1 Å². The molecular formula is C30H33BrN4O5. The van der Waals surface area contributed by atoms with Crippen molar-refractivity contribution < 1.29 is 23.9 Å². The second-order valence-corrected chi connectivity index (χ2v) is 11.7. The van der Waals surface area contributed by atoms with Gasteiger partial charge in [-0.2, -0.15) is 0 Å². The summed E-state index contributed by atoms with van der Waals surface area (Å²) in [6.07, 6.45) is 1.38. The van der Waals surface area contributed by atoms with Gasteiger partial charge >= 0.3 is 17.9 Å². The fraction of sp³-hybridized carbons (Fsp3) is 0.333. The van der Waals surface area contributed by atoms with E-state index >= 15 is 0 Å². The van der Waals surface area contributed by atoms with Crippen molar-refractivity contribution in [1.82, 2.24) is 15.2 Å². The molecule has 0 saturated carbocycles. The van der Waals surface area contributed by atoms with Crippen LogP contribution in [0.4, 0.5) is 10.5 Å². The van der Waals surface area contributed by atoms with Gasteiger partial charge in [0.05, 0.1) is 17.9 Å². The normalized spacial score (nSPS) is 16.8. The number of hydrogen-bond donors (Lipinski definition) is 2. The molecule has 1 aromatic heterocycles. The number of aryl methyl sites for hydroxylation is 2. The van der Waals surface area contributed by atoms with Crippen LogP contribution in [0.1, 0.15) is 49.9 Å². The minimum atomic E-state index is -0.833. The van der Waals surface area contributed by atoms with Crippen LogP contribution < -0.4 is 15.4 Å². The second kappa shape index (κ2) is 12.1. The van der Waals surface area contributed by atoms with Crippen molar-refractivity contribution in [1.29, 1.82) is 0 Å². The lowest BCUT2D eigenvalue weighted by Crippen LogP contribution is -2.44. The molecule has 2 N–H and O–H groups in total. The Morgan fingerprint density at radius 1 is 0.975 bits per heavy atom. The molecule has 2 unspecified atom stereocenters. The lowest BCUT2D eigenvalue weighted by atomic mass is 10.0. The van der Waals surface area contributed by atoms with Crippen LogP contribution in [0.3, 0.4) is 0 Å². The highest BCUT2D eigenvalue weighted by atomic mass is 79.9. The number of rotatable bonds is 5. The van der Waals surface area contributed by atoms with Crippen LogP contribution in [0.5, 0.6) is 11.6 Å². The van der Waals surface area contributed by atoms with Gasteiger partial charge in [0.15, 0.2) is 0 Å². The van der Waals surface area contributed by atoms with Crippen LogP contribution in [0.15, 0.2) is 65.3 Å². The first-order chi connectivity index (χ1) is 18.9. The molecule has 1 aliphatic rings. The van der Waals surface area contributed by atoms with E-state index in [1.807, 2.05) is 56.3 Å². The number of likely N-dealkylation sites (tertiary alicyclic amines) is 1. The Bertz CT molecular complexity index is 1390.